The zero-order valence-electron chi connectivity index (χ0n) is 15.2. The van der Waals surface area contributed by atoms with E-state index >= 15 is 0 Å². The summed E-state index contributed by atoms with van der Waals surface area (Å²) >= 11 is 0. The first kappa shape index (κ1) is 17.7. The van der Waals surface area contributed by atoms with E-state index in [9.17, 15) is 9.59 Å². The van der Waals surface area contributed by atoms with Crippen LogP contribution in [0.25, 0.3) is 0 Å². The summed E-state index contributed by atoms with van der Waals surface area (Å²) in [5.41, 5.74) is 0. The van der Waals surface area contributed by atoms with Gasteiger partial charge in [-0.3, -0.25) is 9.59 Å². The van der Waals surface area contributed by atoms with E-state index in [1.807, 2.05) is 23.6 Å². The molecule has 2 aliphatic heterocycles. The summed E-state index contributed by atoms with van der Waals surface area (Å²) in [6, 6.07) is 0. The van der Waals surface area contributed by atoms with Crippen LogP contribution < -0.4 is 0 Å². The highest BCUT2D eigenvalue weighted by atomic mass is 16.5. The van der Waals surface area contributed by atoms with Crippen LogP contribution in [0.5, 0.6) is 0 Å². The minimum Gasteiger partial charge on any atom is -0.372 e. The normalized spacial score (nSPS) is 33.9. The van der Waals surface area contributed by atoms with Crippen LogP contribution in [0.3, 0.4) is 0 Å². The third kappa shape index (κ3) is 4.29. The quantitative estimate of drug-likeness (QED) is 0.795. The maximum absolute atomic E-state index is 12.5. The molecule has 0 spiro atoms. The smallest absolute Gasteiger partial charge is 0.223 e. The van der Waals surface area contributed by atoms with Crippen molar-refractivity contribution in [2.24, 2.45) is 11.8 Å². The molecule has 4 atom stereocenters. The fraction of sp³-hybridized carbons (Fsp3) is 0.895. The summed E-state index contributed by atoms with van der Waals surface area (Å²) in [5, 5.41) is 0. The molecule has 2 heterocycles. The van der Waals surface area contributed by atoms with Crippen LogP contribution in [0, 0.1) is 11.8 Å². The number of rotatable bonds is 3. The zero-order chi connectivity index (χ0) is 17.1. The van der Waals surface area contributed by atoms with Gasteiger partial charge < -0.3 is 14.5 Å². The highest BCUT2D eigenvalue weighted by Gasteiger charge is 2.33. The number of nitrogens with zero attached hydrogens (tertiary/aromatic N) is 2. The standard InChI is InChI=1S/C19H32N2O3/c1-14-11-21(12-15(2)24-14)19(23)8-7-18(22)20-10-9-16-5-3-4-6-17(16)13-20/h14-17H,3-13H2,1-2H3. The van der Waals surface area contributed by atoms with Crippen molar-refractivity contribution in [3.63, 3.8) is 0 Å². The topological polar surface area (TPSA) is 49.9 Å². The number of piperidine rings is 1. The minimum atomic E-state index is 0.0822. The molecule has 0 aromatic carbocycles. The Labute approximate surface area is 145 Å². The molecule has 24 heavy (non-hydrogen) atoms. The van der Waals surface area contributed by atoms with Crippen LogP contribution in [-0.2, 0) is 14.3 Å². The number of amides is 2. The van der Waals surface area contributed by atoms with Crippen molar-refractivity contribution in [2.45, 2.75) is 71.0 Å². The number of fused-ring (bicyclic) bond motifs is 1. The first-order valence-electron chi connectivity index (χ1n) is 9.74. The number of carbonyl (C=O) groups excluding carboxylic acids is 2. The van der Waals surface area contributed by atoms with E-state index in [0.29, 0.717) is 31.8 Å². The fourth-order valence-electron chi connectivity index (χ4n) is 4.74. The Morgan fingerprint density at radius 3 is 2.08 bits per heavy atom. The zero-order valence-corrected chi connectivity index (χ0v) is 15.2. The maximum atomic E-state index is 12.5. The monoisotopic (exact) mass is 336 g/mol. The number of hydrogen-bond acceptors (Lipinski definition) is 3. The lowest BCUT2D eigenvalue weighted by Crippen LogP contribution is -2.48. The number of ether oxygens (including phenoxy) is 1. The van der Waals surface area contributed by atoms with E-state index in [1.165, 1.54) is 25.7 Å². The SMILES string of the molecule is CC1CN(C(=O)CCC(=O)N2CCC3CCCCC3C2)CC(C)O1. The van der Waals surface area contributed by atoms with Crippen molar-refractivity contribution in [3.05, 3.63) is 0 Å². The molecular weight excluding hydrogens is 304 g/mol. The van der Waals surface area contributed by atoms with Crippen molar-refractivity contribution in [1.82, 2.24) is 9.80 Å². The van der Waals surface area contributed by atoms with Gasteiger partial charge >= 0.3 is 0 Å². The van der Waals surface area contributed by atoms with Gasteiger partial charge in [0.05, 0.1) is 12.2 Å². The van der Waals surface area contributed by atoms with E-state index in [0.717, 1.165) is 25.4 Å². The highest BCUT2D eigenvalue weighted by molar-refractivity contribution is 5.84. The van der Waals surface area contributed by atoms with Crippen LogP contribution in [0.4, 0.5) is 0 Å². The lowest BCUT2D eigenvalue weighted by Gasteiger charge is -2.41. The molecule has 0 N–H and O–H groups in total. The maximum Gasteiger partial charge on any atom is 0.223 e. The molecule has 0 bridgehead atoms. The van der Waals surface area contributed by atoms with Gasteiger partial charge in [-0.25, -0.2) is 0 Å². The lowest BCUT2D eigenvalue weighted by molar-refractivity contribution is -0.145. The van der Waals surface area contributed by atoms with E-state index in [4.69, 9.17) is 4.74 Å². The van der Waals surface area contributed by atoms with Crippen molar-refractivity contribution < 1.29 is 14.3 Å². The molecule has 2 amide bonds. The van der Waals surface area contributed by atoms with Gasteiger partial charge in [0.2, 0.25) is 11.8 Å². The second-order valence-electron chi connectivity index (χ2n) is 7.99. The van der Waals surface area contributed by atoms with Gasteiger partial charge in [-0.2, -0.15) is 0 Å². The third-order valence-corrected chi connectivity index (χ3v) is 5.97. The number of carbonyl (C=O) groups is 2. The van der Waals surface area contributed by atoms with Gasteiger partial charge in [-0.15, -0.1) is 0 Å². The third-order valence-electron chi connectivity index (χ3n) is 5.97. The van der Waals surface area contributed by atoms with Crippen molar-refractivity contribution in [2.75, 3.05) is 26.2 Å². The Bertz CT molecular complexity index is 458. The van der Waals surface area contributed by atoms with E-state index in [2.05, 4.69) is 0 Å². The summed E-state index contributed by atoms with van der Waals surface area (Å²) in [6.45, 7) is 7.09. The molecule has 0 aromatic heterocycles. The second-order valence-corrected chi connectivity index (χ2v) is 7.99. The summed E-state index contributed by atoms with van der Waals surface area (Å²) in [4.78, 5) is 28.8. The summed E-state index contributed by atoms with van der Waals surface area (Å²) in [5.74, 6) is 1.80. The van der Waals surface area contributed by atoms with Crippen LogP contribution in [0.2, 0.25) is 0 Å². The molecule has 1 saturated carbocycles. The second kappa shape index (κ2) is 7.85. The average Bonchev–Trinajstić information content (AvgIpc) is 2.58. The van der Waals surface area contributed by atoms with Gasteiger partial charge in [0.25, 0.3) is 0 Å². The van der Waals surface area contributed by atoms with Crippen LogP contribution in [0.1, 0.15) is 58.8 Å². The Hall–Kier alpha value is -1.10. The molecule has 136 valence electrons. The predicted octanol–water partition coefficient (Wildman–Crippen LogP) is 2.44. The molecule has 0 aromatic rings. The summed E-state index contributed by atoms with van der Waals surface area (Å²) in [6.07, 6.45) is 7.31. The Balaban J connectivity index is 1.44. The molecule has 5 heteroatoms. The van der Waals surface area contributed by atoms with Gasteiger partial charge in [-0.05, 0) is 38.5 Å². The molecule has 3 aliphatic rings. The molecule has 5 nitrogen and oxygen atoms in total. The number of hydrogen-bond donors (Lipinski definition) is 0. The Morgan fingerprint density at radius 1 is 0.833 bits per heavy atom. The largest absolute Gasteiger partial charge is 0.372 e. The van der Waals surface area contributed by atoms with Gasteiger partial charge in [0, 0.05) is 39.0 Å². The molecule has 3 fully saturated rings. The lowest BCUT2D eigenvalue weighted by atomic mass is 9.75. The van der Waals surface area contributed by atoms with Crippen molar-refractivity contribution >= 4 is 11.8 Å². The molecule has 2 saturated heterocycles. The average molecular weight is 336 g/mol. The summed E-state index contributed by atoms with van der Waals surface area (Å²) < 4.78 is 5.67. The van der Waals surface area contributed by atoms with Crippen LogP contribution >= 0.6 is 0 Å². The Morgan fingerprint density at radius 2 is 1.42 bits per heavy atom. The summed E-state index contributed by atoms with van der Waals surface area (Å²) in [7, 11) is 0. The van der Waals surface area contributed by atoms with Gasteiger partial charge in [-0.1, -0.05) is 19.3 Å². The van der Waals surface area contributed by atoms with Crippen LogP contribution in [-0.4, -0.2) is 60.0 Å². The predicted molar refractivity (Wildman–Crippen MR) is 92.5 cm³/mol. The minimum absolute atomic E-state index is 0.0822. The first-order valence-corrected chi connectivity index (χ1v) is 9.74. The van der Waals surface area contributed by atoms with Crippen LogP contribution in [0.15, 0.2) is 0 Å². The number of likely N-dealkylation sites (tertiary alicyclic amines) is 1. The molecule has 1 aliphatic carbocycles. The fourth-order valence-corrected chi connectivity index (χ4v) is 4.74. The number of morpholine rings is 1. The van der Waals surface area contributed by atoms with E-state index in [-0.39, 0.29) is 24.0 Å². The van der Waals surface area contributed by atoms with Gasteiger partial charge in [0.15, 0.2) is 0 Å². The van der Waals surface area contributed by atoms with Crippen molar-refractivity contribution in [3.8, 4) is 0 Å². The van der Waals surface area contributed by atoms with Gasteiger partial charge in [0.1, 0.15) is 0 Å². The molecule has 3 rings (SSSR count). The highest BCUT2D eigenvalue weighted by Crippen LogP contribution is 2.36. The van der Waals surface area contributed by atoms with E-state index < -0.39 is 0 Å². The first-order chi connectivity index (χ1) is 11.5. The van der Waals surface area contributed by atoms with E-state index in [1.54, 1.807) is 0 Å². The molecule has 0 radical (unpaired) electrons. The molecule has 4 unspecified atom stereocenters. The Kier molecular flexibility index (Phi) is 5.80. The van der Waals surface area contributed by atoms with Crippen molar-refractivity contribution in [1.29, 1.82) is 0 Å². The molecular formula is C19H32N2O3.